The number of fused-ring (bicyclic) bond motifs is 13. The van der Waals surface area contributed by atoms with Crippen molar-refractivity contribution in [1.82, 2.24) is 93.2 Å². The van der Waals surface area contributed by atoms with Crippen LogP contribution in [0.5, 0.6) is 5.75 Å². The van der Waals surface area contributed by atoms with Crippen LogP contribution in [0.1, 0.15) is 78.7 Å². The zero-order valence-electron chi connectivity index (χ0n) is 71.8. The van der Waals surface area contributed by atoms with Gasteiger partial charge in [-0.15, -0.1) is 0 Å². The molecule has 22 rings (SSSR count). The molecular weight excluding hydrogens is 1600 g/mol. The topological polar surface area (TPSA) is 363 Å². The zero-order chi connectivity index (χ0) is 85.4. The summed E-state index contributed by atoms with van der Waals surface area (Å²) in [6, 6.07) is 29.0. The van der Waals surface area contributed by atoms with Crippen LogP contribution >= 0.6 is 0 Å². The van der Waals surface area contributed by atoms with Crippen LogP contribution in [0, 0.1) is 0 Å². The maximum atomic E-state index is 11.9. The number of nitrogens with zero attached hydrogens (tertiary/aromatic N) is 23. The molecule has 37 heteroatoms. The average Bonchev–Trinajstić information content (AvgIpc) is 1.60. The molecule has 124 heavy (non-hydrogen) atoms. The summed E-state index contributed by atoms with van der Waals surface area (Å²) in [5.41, 5.74) is 10.6. The molecule has 3 N–H and O–H groups in total. The third-order valence-electron chi connectivity index (χ3n) is 24.1. The molecule has 9 aromatic heterocycles. The fourth-order valence-corrected chi connectivity index (χ4v) is 18.1. The summed E-state index contributed by atoms with van der Waals surface area (Å²) in [4.78, 5) is 73.2. The SMILES string of the molecule is CC1(C)OCCn2c1nc1c(N3CCOCC3)nc(-c3ccc4[nH]ncc4c3)nc12.CC1(C)OCCn2c1nc1c(N3CCOCC3)nc(-c3cccc(O)c3)nc12.CC1(C)OCCn2c1nc1c(N3CCOCC3)nc(-c3ccccc3NS(C)(=O)=O)nc12.CN1CCN(c2cccc(-c3nc(N4CCOCC4)c4nc5n(c4n3)CCOC5(C)C)c2)CC1. The van der Waals surface area contributed by atoms with Crippen molar-refractivity contribution in [3.05, 3.63) is 120 Å². The van der Waals surface area contributed by atoms with E-state index < -0.39 is 32.4 Å². The van der Waals surface area contributed by atoms with E-state index in [1.165, 1.54) is 5.69 Å². The zero-order valence-corrected chi connectivity index (χ0v) is 72.6. The number of hydrogen-bond acceptors (Lipinski definition) is 30. The average molecular weight is 1710 g/mol. The lowest BCUT2D eigenvalue weighted by atomic mass is 10.1. The van der Waals surface area contributed by atoms with Gasteiger partial charge >= 0.3 is 0 Å². The molecule has 0 atom stereocenters. The number of nitrogens with one attached hydrogen (secondary N) is 2. The highest BCUT2D eigenvalue weighted by atomic mass is 32.2. The summed E-state index contributed by atoms with van der Waals surface area (Å²) in [6.45, 7) is 37.2. The fraction of sp³-hybridized carbons (Fsp3) is 0.483. The van der Waals surface area contributed by atoms with E-state index in [1.54, 1.807) is 30.3 Å². The van der Waals surface area contributed by atoms with Crippen molar-refractivity contribution in [2.75, 3.05) is 200 Å². The minimum atomic E-state index is -3.47. The van der Waals surface area contributed by atoms with E-state index in [0.717, 1.165) is 209 Å². The summed E-state index contributed by atoms with van der Waals surface area (Å²) in [7, 11) is -1.28. The molecule has 650 valence electrons. The number of rotatable bonds is 11. The van der Waals surface area contributed by atoms with E-state index in [-0.39, 0.29) is 5.75 Å². The van der Waals surface area contributed by atoms with Gasteiger partial charge in [0, 0.05) is 138 Å². The molecule has 0 bridgehead atoms. The van der Waals surface area contributed by atoms with Crippen molar-refractivity contribution in [3.63, 3.8) is 0 Å². The summed E-state index contributed by atoms with van der Waals surface area (Å²) in [5, 5.41) is 18.1. The minimum absolute atomic E-state index is 0.193. The van der Waals surface area contributed by atoms with Crippen molar-refractivity contribution in [3.8, 4) is 51.3 Å². The van der Waals surface area contributed by atoms with Crippen LogP contribution in [0.3, 0.4) is 0 Å². The summed E-state index contributed by atoms with van der Waals surface area (Å²) >= 11 is 0. The van der Waals surface area contributed by atoms with Gasteiger partial charge in [-0.3, -0.25) is 9.82 Å². The lowest BCUT2D eigenvalue weighted by Crippen LogP contribution is -2.44. The van der Waals surface area contributed by atoms with Gasteiger partial charge in [0.1, 0.15) is 51.5 Å². The Kier molecular flexibility index (Phi) is 22.1. The molecule has 0 saturated carbocycles. The third-order valence-corrected chi connectivity index (χ3v) is 24.6. The van der Waals surface area contributed by atoms with Crippen molar-refractivity contribution < 1.29 is 51.4 Å². The number of hydrogen-bond donors (Lipinski definition) is 3. The summed E-state index contributed by atoms with van der Waals surface area (Å²) in [6.07, 6.45) is 2.95. The number of phenolic OH excluding ortho intramolecular Hbond substituents is 1. The van der Waals surface area contributed by atoms with Gasteiger partial charge in [0.25, 0.3) is 0 Å². The Morgan fingerprint density at radius 3 is 1.15 bits per heavy atom. The Bertz CT molecular complexity index is 6270. The fourth-order valence-electron chi connectivity index (χ4n) is 17.5. The van der Waals surface area contributed by atoms with Crippen LogP contribution < -0.4 is 29.2 Å². The van der Waals surface area contributed by atoms with Crippen LogP contribution in [-0.2, 0) is 96.5 Å². The Hall–Kier alpha value is -11.3. The first-order valence-corrected chi connectivity index (χ1v) is 44.6. The van der Waals surface area contributed by atoms with Crippen molar-refractivity contribution in [2.24, 2.45) is 0 Å². The van der Waals surface area contributed by atoms with E-state index >= 15 is 0 Å². The highest BCUT2D eigenvalue weighted by molar-refractivity contribution is 7.92. The normalized spacial score (nSPS) is 19.4. The van der Waals surface area contributed by atoms with Gasteiger partial charge in [-0.05, 0) is 117 Å². The van der Waals surface area contributed by atoms with Gasteiger partial charge in [0.05, 0.1) is 103 Å². The molecule has 36 nitrogen and oxygen atoms in total. The molecule has 0 unspecified atom stereocenters. The number of morpholine rings is 4. The third kappa shape index (κ3) is 16.3. The molecule has 0 amide bonds. The minimum Gasteiger partial charge on any atom is -0.508 e. The van der Waals surface area contributed by atoms with Crippen LogP contribution in [0.2, 0.25) is 0 Å². The van der Waals surface area contributed by atoms with Crippen LogP contribution in [0.25, 0.3) is 101 Å². The number of aromatic amines is 1. The van der Waals surface area contributed by atoms with E-state index in [1.807, 2.05) is 64.2 Å². The van der Waals surface area contributed by atoms with Gasteiger partial charge in [-0.1, -0.05) is 36.4 Å². The van der Waals surface area contributed by atoms with E-state index in [4.69, 9.17) is 97.7 Å². The largest absolute Gasteiger partial charge is 0.508 e. The number of phenols is 1. The highest BCUT2D eigenvalue weighted by Crippen LogP contribution is 2.42. The standard InChI is InChI=1S/C25H33N7O2.C21H23N7O2.C21H26N6O4S.C20H23N5O3/c1-25(2)24-26-20-22(31-11-14-33-15-12-31)27-21(28-23(20)32(24)13-16-34-25)18-5-4-6-19(17-18)30-9-7-29(3)8-10-30;1-21(2)20-23-16-18(27-5-8-29-9-6-27)24-17(25-19(16)28(20)7-10-30-21)13-3-4-15-14(11-13)12-22-26-15;1-21(2)20-22-16-18(26-8-11-30-12-9-26)23-17(24-19(16)27(20)10-13-31-21)14-6-4-5-7-15(14)25-32(3,28)29;1-20(2)19-21-15-17(24-6-9-27-10-7-24)22-16(13-4-3-5-14(26)12-13)23-18(15)25(19)8-11-28-20/h4-6,17H,7-16H2,1-3H3;3-4,11-12H,5-10H2,1-2H3,(H,22,26);4-7,25H,8-13H2,1-3H3;3-5,12,26H,6-11H2,1-2H3. The second-order valence-corrected chi connectivity index (χ2v) is 36.1. The molecule has 4 aromatic carbocycles. The number of imidazole rings is 4. The number of piperazine rings is 1. The van der Waals surface area contributed by atoms with Crippen LogP contribution in [0.4, 0.5) is 34.6 Å². The number of aromatic hydroxyl groups is 1. The number of likely N-dealkylation sites (N-methyl/N-ethyl adjacent to an activating group) is 1. The predicted octanol–water partition coefficient (Wildman–Crippen LogP) is 9.09. The van der Waals surface area contributed by atoms with Crippen molar-refractivity contribution >= 4 is 100 Å². The summed E-state index contributed by atoms with van der Waals surface area (Å²) in [5.74, 6) is 9.44. The Labute approximate surface area is 717 Å². The molecule has 5 saturated heterocycles. The van der Waals surface area contributed by atoms with Crippen LogP contribution in [-0.4, -0.2) is 278 Å². The Morgan fingerprint density at radius 1 is 0.379 bits per heavy atom. The van der Waals surface area contributed by atoms with E-state index in [2.05, 4.69) is 128 Å². The molecule has 0 spiro atoms. The second kappa shape index (κ2) is 33.3. The summed E-state index contributed by atoms with van der Waals surface area (Å²) < 4.78 is 81.2. The highest BCUT2D eigenvalue weighted by Gasteiger charge is 2.40. The number of sulfonamides is 1. The monoisotopic (exact) mass is 1710 g/mol. The van der Waals surface area contributed by atoms with Crippen molar-refractivity contribution in [1.29, 1.82) is 0 Å². The number of anilines is 6. The van der Waals surface area contributed by atoms with E-state index in [9.17, 15) is 13.5 Å². The number of H-pyrrole nitrogens is 1. The smallest absolute Gasteiger partial charge is 0.229 e. The number of aromatic nitrogens is 18. The first kappa shape index (κ1) is 82.4. The Morgan fingerprint density at radius 2 is 0.750 bits per heavy atom. The lowest BCUT2D eigenvalue weighted by molar-refractivity contribution is -0.0532. The molecular formula is C87H105N25O11S. The van der Waals surface area contributed by atoms with Gasteiger partial charge in [0.2, 0.25) is 10.0 Å². The van der Waals surface area contributed by atoms with Crippen LogP contribution in [0.15, 0.2) is 97.2 Å². The lowest BCUT2D eigenvalue weighted by Gasteiger charge is -2.34. The van der Waals surface area contributed by atoms with Gasteiger partial charge in [-0.25, -0.2) is 68.2 Å². The maximum Gasteiger partial charge on any atom is 0.229 e. The molecule has 0 radical (unpaired) electrons. The van der Waals surface area contributed by atoms with Crippen molar-refractivity contribution in [2.45, 2.75) is 104 Å². The molecule has 0 aliphatic carbocycles. The number of para-hydroxylation sites is 1. The molecule has 5 fully saturated rings. The van der Waals surface area contributed by atoms with E-state index in [0.29, 0.717) is 134 Å². The molecule has 18 heterocycles. The van der Waals surface area contributed by atoms with Gasteiger partial charge in [0.15, 0.2) is 91.2 Å². The molecule has 9 aliphatic heterocycles. The first-order chi connectivity index (χ1) is 59.8. The maximum absolute atomic E-state index is 11.9. The Balaban J connectivity index is 0.000000109. The number of ether oxygens (including phenoxy) is 8. The second-order valence-electron chi connectivity index (χ2n) is 34.3. The molecule has 13 aromatic rings. The molecule has 9 aliphatic rings. The van der Waals surface area contributed by atoms with Gasteiger partial charge in [-0.2, -0.15) is 5.10 Å². The quantitative estimate of drug-likeness (QED) is 0.109. The predicted molar refractivity (Wildman–Crippen MR) is 471 cm³/mol. The van der Waals surface area contributed by atoms with Gasteiger partial charge < -0.3 is 90.7 Å². The number of benzene rings is 4. The first-order valence-electron chi connectivity index (χ1n) is 42.7.